The lowest BCUT2D eigenvalue weighted by Crippen LogP contribution is -2.48. The van der Waals surface area contributed by atoms with Gasteiger partial charge < -0.3 is 14.8 Å². The topological polar surface area (TPSA) is 60.5 Å². The fraction of sp³-hybridized carbons (Fsp3) is 0.565. The minimum atomic E-state index is -0.742. The maximum atomic E-state index is 13.3. The van der Waals surface area contributed by atoms with Gasteiger partial charge in [0.1, 0.15) is 16.9 Å². The van der Waals surface area contributed by atoms with Crippen LogP contribution in [0.25, 0.3) is 10.9 Å². The van der Waals surface area contributed by atoms with Crippen molar-refractivity contribution >= 4 is 22.5 Å². The van der Waals surface area contributed by atoms with Gasteiger partial charge in [0.15, 0.2) is 0 Å². The van der Waals surface area contributed by atoms with E-state index in [1.807, 2.05) is 31.2 Å². The standard InChI is InChI=1S/C23H32N2O3/c1-5-28-23(12-6-8-17(4)14-23)22(26)25-19-10-11-20(27-15-16(2)3)21-18(19)9-7-13-24-21/h7,9-11,13,16-17H,5-6,8,12,14-15H2,1-4H3,(H,25,26)/t17-,23-/m0/s1. The van der Waals surface area contributed by atoms with Crippen molar-refractivity contribution in [2.75, 3.05) is 18.5 Å². The Labute approximate surface area is 167 Å². The van der Waals surface area contributed by atoms with Crippen LogP contribution in [0.5, 0.6) is 5.75 Å². The first-order chi connectivity index (χ1) is 13.4. The molecule has 0 saturated heterocycles. The Bertz CT molecular complexity index is 817. The zero-order chi connectivity index (χ0) is 20.1. The normalized spacial score (nSPS) is 22.4. The quantitative estimate of drug-likeness (QED) is 0.713. The molecule has 1 fully saturated rings. The molecule has 0 radical (unpaired) electrons. The van der Waals surface area contributed by atoms with Gasteiger partial charge in [-0.2, -0.15) is 0 Å². The second kappa shape index (κ2) is 8.91. The Hall–Kier alpha value is -2.14. The van der Waals surface area contributed by atoms with E-state index in [0.29, 0.717) is 25.0 Å². The lowest BCUT2D eigenvalue weighted by Gasteiger charge is -2.38. The molecule has 1 amide bonds. The summed E-state index contributed by atoms with van der Waals surface area (Å²) in [7, 11) is 0. The van der Waals surface area contributed by atoms with Crippen molar-refractivity contribution in [2.24, 2.45) is 11.8 Å². The van der Waals surface area contributed by atoms with Crippen molar-refractivity contribution in [3.05, 3.63) is 30.5 Å². The second-order valence-electron chi connectivity index (χ2n) is 8.30. The fourth-order valence-electron chi connectivity index (χ4n) is 4.05. The van der Waals surface area contributed by atoms with Gasteiger partial charge in [0.2, 0.25) is 0 Å². The van der Waals surface area contributed by atoms with E-state index in [0.717, 1.165) is 48.0 Å². The highest BCUT2D eigenvalue weighted by Crippen LogP contribution is 2.37. The average Bonchev–Trinajstić information content (AvgIpc) is 2.67. The van der Waals surface area contributed by atoms with E-state index in [2.05, 4.69) is 31.1 Å². The lowest BCUT2D eigenvalue weighted by molar-refractivity contribution is -0.147. The van der Waals surface area contributed by atoms with Crippen LogP contribution in [-0.2, 0) is 9.53 Å². The molecule has 0 bridgehead atoms. The Morgan fingerprint density at radius 1 is 1.36 bits per heavy atom. The van der Waals surface area contributed by atoms with Crippen LogP contribution in [0, 0.1) is 11.8 Å². The van der Waals surface area contributed by atoms with E-state index in [9.17, 15) is 4.79 Å². The molecular formula is C23H32N2O3. The van der Waals surface area contributed by atoms with Crippen LogP contribution in [0.15, 0.2) is 30.5 Å². The third-order valence-corrected chi connectivity index (χ3v) is 5.34. The zero-order valence-electron chi connectivity index (χ0n) is 17.5. The molecule has 0 aliphatic heterocycles. The number of fused-ring (bicyclic) bond motifs is 1. The van der Waals surface area contributed by atoms with Gasteiger partial charge in [-0.15, -0.1) is 0 Å². The molecule has 3 rings (SSSR count). The van der Waals surface area contributed by atoms with E-state index < -0.39 is 5.60 Å². The highest BCUT2D eigenvalue weighted by Gasteiger charge is 2.42. The molecule has 0 spiro atoms. The van der Waals surface area contributed by atoms with Crippen LogP contribution < -0.4 is 10.1 Å². The van der Waals surface area contributed by atoms with Crippen molar-refractivity contribution in [1.29, 1.82) is 0 Å². The monoisotopic (exact) mass is 384 g/mol. The van der Waals surface area contributed by atoms with E-state index in [1.165, 1.54) is 0 Å². The predicted octanol–water partition coefficient (Wildman–Crippen LogP) is 5.19. The number of hydrogen-bond acceptors (Lipinski definition) is 4. The summed E-state index contributed by atoms with van der Waals surface area (Å²) in [4.78, 5) is 17.8. The van der Waals surface area contributed by atoms with Gasteiger partial charge in [-0.05, 0) is 62.3 Å². The maximum absolute atomic E-state index is 13.3. The summed E-state index contributed by atoms with van der Waals surface area (Å²) in [5.41, 5.74) is 0.777. The highest BCUT2D eigenvalue weighted by molar-refractivity contribution is 6.05. The SMILES string of the molecule is CCO[C@@]1(C(=O)Nc2ccc(OCC(C)C)c3ncccc23)CCC[C@H](C)C1. The van der Waals surface area contributed by atoms with Gasteiger partial charge in [0.25, 0.3) is 5.91 Å². The summed E-state index contributed by atoms with van der Waals surface area (Å²) in [6, 6.07) is 7.65. The van der Waals surface area contributed by atoms with Gasteiger partial charge >= 0.3 is 0 Å². The third kappa shape index (κ3) is 4.46. The molecule has 1 aliphatic rings. The van der Waals surface area contributed by atoms with Crippen LogP contribution in [0.4, 0.5) is 5.69 Å². The van der Waals surface area contributed by atoms with Crippen LogP contribution in [0.1, 0.15) is 53.4 Å². The molecule has 5 heteroatoms. The molecule has 1 aromatic heterocycles. The van der Waals surface area contributed by atoms with Gasteiger partial charge in [-0.3, -0.25) is 9.78 Å². The number of hydrogen-bond donors (Lipinski definition) is 1. The number of carbonyl (C=O) groups is 1. The van der Waals surface area contributed by atoms with E-state index >= 15 is 0 Å². The second-order valence-corrected chi connectivity index (χ2v) is 8.30. The maximum Gasteiger partial charge on any atom is 0.256 e. The zero-order valence-corrected chi connectivity index (χ0v) is 17.5. The van der Waals surface area contributed by atoms with Crippen LogP contribution in [0.3, 0.4) is 0 Å². The summed E-state index contributed by atoms with van der Waals surface area (Å²) >= 11 is 0. The molecule has 1 saturated carbocycles. The molecule has 1 aromatic carbocycles. The first-order valence-corrected chi connectivity index (χ1v) is 10.4. The summed E-state index contributed by atoms with van der Waals surface area (Å²) in [6.45, 7) is 9.53. The number of carbonyl (C=O) groups excluding carboxylic acids is 1. The summed E-state index contributed by atoms with van der Waals surface area (Å²) < 4.78 is 12.0. The van der Waals surface area contributed by atoms with Gasteiger partial charge in [-0.1, -0.05) is 27.2 Å². The Balaban J connectivity index is 1.89. The number of ether oxygens (including phenoxy) is 2. The predicted molar refractivity (Wildman–Crippen MR) is 113 cm³/mol. The van der Waals surface area contributed by atoms with E-state index in [-0.39, 0.29) is 5.91 Å². The smallest absolute Gasteiger partial charge is 0.256 e. The van der Waals surface area contributed by atoms with E-state index in [4.69, 9.17) is 9.47 Å². The van der Waals surface area contributed by atoms with Gasteiger partial charge in [-0.25, -0.2) is 0 Å². The van der Waals surface area contributed by atoms with Crippen molar-refractivity contribution in [2.45, 2.75) is 59.0 Å². The van der Waals surface area contributed by atoms with Crippen LogP contribution >= 0.6 is 0 Å². The fourth-order valence-corrected chi connectivity index (χ4v) is 4.05. The summed E-state index contributed by atoms with van der Waals surface area (Å²) in [5.74, 6) is 1.60. The number of rotatable bonds is 7. The molecule has 1 heterocycles. The van der Waals surface area contributed by atoms with Gasteiger partial charge in [0, 0.05) is 18.2 Å². The molecular weight excluding hydrogens is 352 g/mol. The lowest BCUT2D eigenvalue weighted by atomic mass is 9.78. The van der Waals surface area contributed by atoms with Crippen molar-refractivity contribution in [3.63, 3.8) is 0 Å². The number of nitrogens with zero attached hydrogens (tertiary/aromatic N) is 1. The highest BCUT2D eigenvalue weighted by atomic mass is 16.5. The molecule has 28 heavy (non-hydrogen) atoms. The molecule has 5 nitrogen and oxygen atoms in total. The molecule has 152 valence electrons. The number of aromatic nitrogens is 1. The van der Waals surface area contributed by atoms with Crippen molar-refractivity contribution in [3.8, 4) is 5.75 Å². The molecule has 1 N–H and O–H groups in total. The van der Waals surface area contributed by atoms with Crippen LogP contribution in [-0.4, -0.2) is 29.7 Å². The first-order valence-electron chi connectivity index (χ1n) is 10.4. The largest absolute Gasteiger partial charge is 0.491 e. The number of anilines is 1. The minimum absolute atomic E-state index is 0.0538. The Kier molecular flexibility index (Phi) is 6.55. The third-order valence-electron chi connectivity index (χ3n) is 5.34. The first kappa shape index (κ1) is 20.6. The molecule has 2 atom stereocenters. The van der Waals surface area contributed by atoms with Crippen molar-refractivity contribution < 1.29 is 14.3 Å². The Morgan fingerprint density at radius 3 is 2.89 bits per heavy atom. The number of benzene rings is 1. The summed E-state index contributed by atoms with van der Waals surface area (Å²) in [5, 5.41) is 4.02. The number of amides is 1. The van der Waals surface area contributed by atoms with Crippen LogP contribution in [0.2, 0.25) is 0 Å². The minimum Gasteiger partial charge on any atom is -0.491 e. The Morgan fingerprint density at radius 2 is 2.18 bits per heavy atom. The molecule has 2 aromatic rings. The van der Waals surface area contributed by atoms with Gasteiger partial charge in [0.05, 0.1) is 12.3 Å². The average molecular weight is 385 g/mol. The summed E-state index contributed by atoms with van der Waals surface area (Å²) in [6.07, 6.45) is 5.44. The number of pyridine rings is 1. The van der Waals surface area contributed by atoms with Crippen molar-refractivity contribution in [1.82, 2.24) is 4.98 Å². The van der Waals surface area contributed by atoms with E-state index in [1.54, 1.807) is 6.20 Å². The molecule has 0 unspecified atom stereocenters. The number of nitrogens with one attached hydrogen (secondary N) is 1. The molecule has 1 aliphatic carbocycles.